The van der Waals surface area contributed by atoms with Crippen LogP contribution in [0.4, 0.5) is 9.52 Å². The Morgan fingerprint density at radius 2 is 2.32 bits per heavy atom. The highest BCUT2D eigenvalue weighted by atomic mass is 32.1. The van der Waals surface area contributed by atoms with Crippen LogP contribution in [-0.2, 0) is 16.1 Å². The summed E-state index contributed by atoms with van der Waals surface area (Å²) in [6.45, 7) is 4.53. The molecule has 0 bridgehead atoms. The standard InChI is InChI=1S/C19H24FN5O2S/c1-11-6-15(27-14-5-4-13(8-22-3)16(21)7-14)9-25(11)10-17-18(20)24-19(28-17)23-12(2)26/h4-5,7-8,11,15,21-22H,6,9-10H2,1-3H3,(H,23,24,26)/b13-8-,21-16?. The predicted octanol–water partition coefficient (Wildman–Crippen LogP) is 2.80. The minimum atomic E-state index is -0.541. The first kappa shape index (κ1) is 20.2. The first-order valence-corrected chi connectivity index (χ1v) is 9.87. The zero-order valence-electron chi connectivity index (χ0n) is 16.1. The van der Waals surface area contributed by atoms with Gasteiger partial charge in [0.1, 0.15) is 11.9 Å². The minimum Gasteiger partial charge on any atom is -0.489 e. The molecule has 1 aliphatic carbocycles. The van der Waals surface area contributed by atoms with E-state index in [0.717, 1.165) is 23.3 Å². The van der Waals surface area contributed by atoms with Crippen molar-refractivity contribution in [2.24, 2.45) is 0 Å². The molecule has 0 saturated carbocycles. The lowest BCUT2D eigenvalue weighted by atomic mass is 10.1. The summed E-state index contributed by atoms with van der Waals surface area (Å²) in [7, 11) is 1.80. The van der Waals surface area contributed by atoms with Crippen LogP contribution in [0.3, 0.4) is 0 Å². The third-order valence-electron chi connectivity index (χ3n) is 4.57. The third-order valence-corrected chi connectivity index (χ3v) is 5.50. The Kier molecular flexibility index (Phi) is 6.25. The average Bonchev–Trinajstić information content (AvgIpc) is 3.12. The molecule has 2 aliphatic rings. The maximum absolute atomic E-state index is 14.1. The van der Waals surface area contributed by atoms with Gasteiger partial charge in [0.15, 0.2) is 5.13 Å². The van der Waals surface area contributed by atoms with Gasteiger partial charge in [0.2, 0.25) is 11.9 Å². The number of anilines is 1. The highest BCUT2D eigenvalue weighted by Crippen LogP contribution is 2.29. The van der Waals surface area contributed by atoms with Gasteiger partial charge < -0.3 is 20.8 Å². The Balaban J connectivity index is 1.59. The summed E-state index contributed by atoms with van der Waals surface area (Å²) in [6, 6.07) is 0.225. The summed E-state index contributed by atoms with van der Waals surface area (Å²) in [5, 5.41) is 13.8. The molecule has 3 rings (SSSR count). The maximum atomic E-state index is 14.1. The first-order chi connectivity index (χ1) is 13.4. The number of amides is 1. The van der Waals surface area contributed by atoms with Crippen LogP contribution >= 0.6 is 11.3 Å². The minimum absolute atomic E-state index is 0.0284. The number of aromatic nitrogens is 1. The van der Waals surface area contributed by atoms with Crippen molar-refractivity contribution in [2.75, 3.05) is 18.9 Å². The lowest BCUT2D eigenvalue weighted by Gasteiger charge is -2.20. The molecule has 0 aromatic carbocycles. The number of thiazole rings is 1. The maximum Gasteiger partial charge on any atom is 0.230 e. The second kappa shape index (κ2) is 8.66. The zero-order chi connectivity index (χ0) is 20.3. The molecule has 2 heterocycles. The largest absolute Gasteiger partial charge is 0.489 e. The molecule has 1 fully saturated rings. The van der Waals surface area contributed by atoms with E-state index >= 15 is 0 Å². The number of hydrogen-bond donors (Lipinski definition) is 3. The molecule has 1 amide bonds. The van der Waals surface area contributed by atoms with Crippen molar-refractivity contribution >= 4 is 28.1 Å². The van der Waals surface area contributed by atoms with Crippen LogP contribution in [0, 0.1) is 11.4 Å². The van der Waals surface area contributed by atoms with Crippen LogP contribution in [0.5, 0.6) is 0 Å². The fourth-order valence-electron chi connectivity index (χ4n) is 3.25. The van der Waals surface area contributed by atoms with Gasteiger partial charge in [0.05, 0.1) is 10.6 Å². The lowest BCUT2D eigenvalue weighted by Crippen LogP contribution is -2.27. The van der Waals surface area contributed by atoms with Crippen LogP contribution in [0.25, 0.3) is 0 Å². The van der Waals surface area contributed by atoms with E-state index in [4.69, 9.17) is 10.1 Å². The van der Waals surface area contributed by atoms with E-state index < -0.39 is 5.95 Å². The van der Waals surface area contributed by atoms with Crippen LogP contribution in [-0.4, -0.2) is 47.2 Å². The summed E-state index contributed by atoms with van der Waals surface area (Å²) in [5.41, 5.74) is 1.19. The lowest BCUT2D eigenvalue weighted by molar-refractivity contribution is -0.114. The van der Waals surface area contributed by atoms with Gasteiger partial charge in [-0.3, -0.25) is 9.69 Å². The Morgan fingerprint density at radius 1 is 1.54 bits per heavy atom. The van der Waals surface area contributed by atoms with Gasteiger partial charge in [-0.25, -0.2) is 0 Å². The average molecular weight is 405 g/mol. The smallest absolute Gasteiger partial charge is 0.230 e. The molecule has 1 aliphatic heterocycles. The van der Waals surface area contributed by atoms with Crippen molar-refractivity contribution in [3.63, 3.8) is 0 Å². The van der Waals surface area contributed by atoms with E-state index in [-0.39, 0.29) is 23.2 Å². The Hall–Kier alpha value is -2.52. The highest BCUT2D eigenvalue weighted by molar-refractivity contribution is 7.15. The number of hydrogen-bond acceptors (Lipinski definition) is 7. The molecule has 1 aromatic heterocycles. The number of nitrogens with one attached hydrogen (secondary N) is 3. The molecule has 1 aromatic rings. The number of rotatable bonds is 6. The number of ether oxygens (including phenoxy) is 1. The summed E-state index contributed by atoms with van der Waals surface area (Å²) in [5.74, 6) is -0.148. The first-order valence-electron chi connectivity index (χ1n) is 9.05. The van der Waals surface area contributed by atoms with Crippen LogP contribution < -0.4 is 10.6 Å². The van der Waals surface area contributed by atoms with Gasteiger partial charge in [-0.1, -0.05) is 11.3 Å². The zero-order valence-corrected chi connectivity index (χ0v) is 16.9. The van der Waals surface area contributed by atoms with Crippen molar-refractivity contribution < 1.29 is 13.9 Å². The van der Waals surface area contributed by atoms with Gasteiger partial charge >= 0.3 is 0 Å². The molecule has 0 radical (unpaired) electrons. The van der Waals surface area contributed by atoms with Gasteiger partial charge in [0, 0.05) is 57.4 Å². The van der Waals surface area contributed by atoms with Gasteiger partial charge in [0.25, 0.3) is 0 Å². The van der Waals surface area contributed by atoms with E-state index in [9.17, 15) is 9.18 Å². The number of carbonyl (C=O) groups excluding carboxylic acids is 1. The second-order valence-corrected chi connectivity index (χ2v) is 7.93. The Labute approximate surface area is 167 Å². The van der Waals surface area contributed by atoms with Gasteiger partial charge in [-0.15, -0.1) is 0 Å². The molecule has 2 atom stereocenters. The van der Waals surface area contributed by atoms with Gasteiger partial charge in [-0.2, -0.15) is 9.37 Å². The van der Waals surface area contributed by atoms with Crippen LogP contribution in [0.15, 0.2) is 35.8 Å². The summed E-state index contributed by atoms with van der Waals surface area (Å²) >= 11 is 1.16. The van der Waals surface area contributed by atoms with Crippen LogP contribution in [0.1, 0.15) is 25.1 Å². The topological polar surface area (TPSA) is 90.3 Å². The van der Waals surface area contributed by atoms with E-state index in [2.05, 4.69) is 27.4 Å². The number of allylic oxidation sites excluding steroid dienone is 4. The molecule has 9 heteroatoms. The fourth-order valence-corrected chi connectivity index (χ4v) is 4.17. The van der Waals surface area contributed by atoms with E-state index in [0.29, 0.717) is 29.4 Å². The normalized spacial score (nSPS) is 23.8. The summed E-state index contributed by atoms with van der Waals surface area (Å²) in [6.07, 6.45) is 7.97. The van der Waals surface area contributed by atoms with Gasteiger partial charge in [-0.05, 0) is 19.1 Å². The Morgan fingerprint density at radius 3 is 3.00 bits per heavy atom. The van der Waals surface area contributed by atoms with E-state index in [1.807, 2.05) is 12.2 Å². The molecular formula is C19H24FN5O2S. The van der Waals surface area contributed by atoms with Crippen molar-refractivity contribution in [2.45, 2.75) is 39.0 Å². The molecule has 150 valence electrons. The number of likely N-dealkylation sites (tertiary alicyclic amines) is 1. The SMILES string of the molecule is CN/C=C1/C=CC(OC2CC(C)N(Cc3sc(NC(C)=O)nc3F)C2)=CC1=N. The van der Waals surface area contributed by atoms with Crippen molar-refractivity contribution in [1.29, 1.82) is 5.41 Å². The summed E-state index contributed by atoms with van der Waals surface area (Å²) in [4.78, 5) is 17.5. The van der Waals surface area contributed by atoms with E-state index in [1.54, 1.807) is 19.3 Å². The monoisotopic (exact) mass is 405 g/mol. The second-order valence-electron chi connectivity index (χ2n) is 6.85. The number of halogens is 1. The van der Waals surface area contributed by atoms with Crippen LogP contribution in [0.2, 0.25) is 0 Å². The molecule has 7 nitrogen and oxygen atoms in total. The Bertz CT molecular complexity index is 861. The quantitative estimate of drug-likeness (QED) is 0.677. The molecule has 1 saturated heterocycles. The summed E-state index contributed by atoms with van der Waals surface area (Å²) < 4.78 is 20.1. The molecule has 2 unspecified atom stereocenters. The number of nitrogens with zero attached hydrogens (tertiary/aromatic N) is 2. The van der Waals surface area contributed by atoms with Crippen molar-refractivity contribution in [1.82, 2.24) is 15.2 Å². The highest BCUT2D eigenvalue weighted by Gasteiger charge is 2.32. The van der Waals surface area contributed by atoms with Crippen molar-refractivity contribution in [3.05, 3.63) is 46.6 Å². The molecule has 3 N–H and O–H groups in total. The molecular weight excluding hydrogens is 381 g/mol. The fraction of sp³-hybridized carbons (Fsp3) is 0.421. The van der Waals surface area contributed by atoms with Crippen molar-refractivity contribution in [3.8, 4) is 0 Å². The molecule has 28 heavy (non-hydrogen) atoms. The van der Waals surface area contributed by atoms with E-state index in [1.165, 1.54) is 6.92 Å². The predicted molar refractivity (Wildman–Crippen MR) is 108 cm³/mol. The molecule has 0 spiro atoms. The third kappa shape index (κ3) is 4.85. The number of carbonyl (C=O) groups is 1.